The van der Waals surface area contributed by atoms with Gasteiger partial charge in [-0.3, -0.25) is 4.90 Å². The SMILES string of the molecule is CCOc1ncc(C2(O)C3CCCC2CN(Cc2ccc(OC)cc2F)C3)c(OCC)n1. The van der Waals surface area contributed by atoms with Crippen LogP contribution in [0.1, 0.15) is 44.2 Å². The summed E-state index contributed by atoms with van der Waals surface area (Å²) in [7, 11) is 1.53. The molecule has 2 aliphatic rings. The maximum absolute atomic E-state index is 14.5. The summed E-state index contributed by atoms with van der Waals surface area (Å²) in [4.78, 5) is 11.0. The van der Waals surface area contributed by atoms with Gasteiger partial charge in [0, 0.05) is 49.3 Å². The van der Waals surface area contributed by atoms with Crippen LogP contribution in [0.25, 0.3) is 0 Å². The first kappa shape index (κ1) is 22.7. The van der Waals surface area contributed by atoms with Crippen molar-refractivity contribution in [3.05, 3.63) is 41.3 Å². The van der Waals surface area contributed by atoms with Crippen LogP contribution in [0.5, 0.6) is 17.6 Å². The summed E-state index contributed by atoms with van der Waals surface area (Å²) in [5, 5.41) is 12.0. The van der Waals surface area contributed by atoms with E-state index in [1.54, 1.807) is 18.3 Å². The van der Waals surface area contributed by atoms with Crippen molar-refractivity contribution in [3.63, 3.8) is 0 Å². The fourth-order valence-corrected chi connectivity index (χ4v) is 5.21. The Kier molecular flexibility index (Phi) is 6.81. The summed E-state index contributed by atoms with van der Waals surface area (Å²) in [6, 6.07) is 5.23. The van der Waals surface area contributed by atoms with Crippen LogP contribution in [-0.4, -0.2) is 53.4 Å². The Balaban J connectivity index is 1.60. The van der Waals surface area contributed by atoms with E-state index in [2.05, 4.69) is 14.9 Å². The molecule has 4 rings (SSSR count). The Hall–Kier alpha value is -2.45. The molecule has 32 heavy (non-hydrogen) atoms. The molecule has 7 nitrogen and oxygen atoms in total. The van der Waals surface area contributed by atoms with Gasteiger partial charge in [0.1, 0.15) is 17.2 Å². The normalized spacial score (nSPS) is 25.4. The van der Waals surface area contributed by atoms with Crippen molar-refractivity contribution in [2.75, 3.05) is 33.4 Å². The van der Waals surface area contributed by atoms with Gasteiger partial charge in [0.25, 0.3) is 0 Å². The average Bonchev–Trinajstić information content (AvgIpc) is 2.76. The van der Waals surface area contributed by atoms with Gasteiger partial charge in [0.15, 0.2) is 0 Å². The fraction of sp³-hybridized carbons (Fsp3) is 0.583. The Morgan fingerprint density at radius 2 is 1.88 bits per heavy atom. The highest BCUT2D eigenvalue weighted by Crippen LogP contribution is 2.51. The number of methoxy groups -OCH3 is 1. The number of nitrogens with zero attached hydrogens (tertiary/aromatic N) is 3. The molecule has 1 aliphatic carbocycles. The third-order valence-corrected chi connectivity index (χ3v) is 6.68. The van der Waals surface area contributed by atoms with Gasteiger partial charge in [-0.25, -0.2) is 9.37 Å². The third-order valence-electron chi connectivity index (χ3n) is 6.68. The minimum atomic E-state index is -1.08. The quantitative estimate of drug-likeness (QED) is 0.666. The first-order valence-electron chi connectivity index (χ1n) is 11.4. The van der Waals surface area contributed by atoms with Gasteiger partial charge < -0.3 is 19.3 Å². The second kappa shape index (κ2) is 9.58. The number of piperidine rings is 1. The molecule has 2 aromatic rings. The molecule has 2 unspecified atom stereocenters. The van der Waals surface area contributed by atoms with Crippen LogP contribution in [0.2, 0.25) is 0 Å². The summed E-state index contributed by atoms with van der Waals surface area (Å²) in [6.07, 6.45) is 4.48. The fourth-order valence-electron chi connectivity index (χ4n) is 5.21. The summed E-state index contributed by atoms with van der Waals surface area (Å²) in [6.45, 7) is 6.48. The highest BCUT2D eigenvalue weighted by atomic mass is 19.1. The van der Waals surface area contributed by atoms with Crippen LogP contribution in [0.3, 0.4) is 0 Å². The molecule has 1 aromatic heterocycles. The monoisotopic (exact) mass is 445 g/mol. The number of hydrogen-bond acceptors (Lipinski definition) is 7. The van der Waals surface area contributed by atoms with Crippen LogP contribution < -0.4 is 14.2 Å². The van der Waals surface area contributed by atoms with E-state index in [0.29, 0.717) is 55.6 Å². The van der Waals surface area contributed by atoms with Crippen molar-refractivity contribution in [1.82, 2.24) is 14.9 Å². The van der Waals surface area contributed by atoms with Crippen molar-refractivity contribution in [3.8, 4) is 17.6 Å². The summed E-state index contributed by atoms with van der Waals surface area (Å²) < 4.78 is 30.9. The van der Waals surface area contributed by atoms with E-state index in [0.717, 1.165) is 19.3 Å². The lowest BCUT2D eigenvalue weighted by Crippen LogP contribution is -2.58. The second-order valence-corrected chi connectivity index (χ2v) is 8.54. The van der Waals surface area contributed by atoms with Crippen LogP contribution in [-0.2, 0) is 12.1 Å². The first-order valence-corrected chi connectivity index (χ1v) is 11.4. The van der Waals surface area contributed by atoms with Gasteiger partial charge in [-0.15, -0.1) is 0 Å². The zero-order chi connectivity index (χ0) is 22.7. The van der Waals surface area contributed by atoms with Gasteiger partial charge in [-0.05, 0) is 32.8 Å². The molecule has 2 heterocycles. The topological polar surface area (TPSA) is 76.9 Å². The van der Waals surface area contributed by atoms with Crippen LogP contribution >= 0.6 is 0 Å². The molecule has 2 bridgehead atoms. The summed E-state index contributed by atoms with van der Waals surface area (Å²) in [5.41, 5.74) is 0.184. The van der Waals surface area contributed by atoms with Gasteiger partial charge in [0.2, 0.25) is 5.88 Å². The highest BCUT2D eigenvalue weighted by molar-refractivity contribution is 5.35. The Morgan fingerprint density at radius 3 is 2.50 bits per heavy atom. The number of hydrogen-bond donors (Lipinski definition) is 1. The molecular formula is C24H32FN3O4. The van der Waals surface area contributed by atoms with Crippen LogP contribution in [0, 0.1) is 17.7 Å². The van der Waals surface area contributed by atoms with Crippen molar-refractivity contribution in [1.29, 1.82) is 0 Å². The van der Waals surface area contributed by atoms with E-state index in [-0.39, 0.29) is 23.7 Å². The lowest BCUT2D eigenvalue weighted by molar-refractivity contribution is -0.150. The minimum absolute atomic E-state index is 0.0166. The summed E-state index contributed by atoms with van der Waals surface area (Å²) >= 11 is 0. The number of fused-ring (bicyclic) bond motifs is 2. The lowest BCUT2D eigenvalue weighted by Gasteiger charge is -2.53. The van der Waals surface area contributed by atoms with Crippen molar-refractivity contribution < 1.29 is 23.7 Å². The van der Waals surface area contributed by atoms with Crippen molar-refractivity contribution >= 4 is 0 Å². The molecule has 1 saturated carbocycles. The molecule has 8 heteroatoms. The number of halogens is 1. The number of aliphatic hydroxyl groups is 1. The summed E-state index contributed by atoms with van der Waals surface area (Å²) in [5.74, 6) is 0.595. The average molecular weight is 446 g/mol. The van der Waals surface area contributed by atoms with E-state index in [1.807, 2.05) is 13.8 Å². The largest absolute Gasteiger partial charge is 0.497 e. The van der Waals surface area contributed by atoms with E-state index < -0.39 is 5.60 Å². The van der Waals surface area contributed by atoms with E-state index >= 15 is 0 Å². The molecular weight excluding hydrogens is 413 g/mol. The zero-order valence-corrected chi connectivity index (χ0v) is 19.0. The molecule has 1 aliphatic heterocycles. The molecule has 2 atom stereocenters. The standard InChI is InChI=1S/C24H32FN3O4/c1-4-31-22-20(12-26-23(27-22)32-5-2)24(29)17-7-6-8-18(24)15-28(14-17)13-16-9-10-19(30-3)11-21(16)25/h9-12,17-18,29H,4-8,13-15H2,1-3H3. The molecule has 0 spiro atoms. The zero-order valence-electron chi connectivity index (χ0n) is 19.0. The molecule has 0 radical (unpaired) electrons. The number of benzene rings is 1. The predicted molar refractivity (Wildman–Crippen MR) is 117 cm³/mol. The lowest BCUT2D eigenvalue weighted by atomic mass is 9.63. The Bertz CT molecular complexity index is 927. The second-order valence-electron chi connectivity index (χ2n) is 8.54. The van der Waals surface area contributed by atoms with Gasteiger partial charge in [-0.2, -0.15) is 4.98 Å². The van der Waals surface area contributed by atoms with Crippen molar-refractivity contribution in [2.24, 2.45) is 11.8 Å². The maximum Gasteiger partial charge on any atom is 0.319 e. The number of rotatable bonds is 8. The van der Waals surface area contributed by atoms with E-state index in [4.69, 9.17) is 14.2 Å². The molecule has 1 aromatic carbocycles. The number of aromatic nitrogens is 2. The minimum Gasteiger partial charge on any atom is -0.497 e. The Labute approximate surface area is 188 Å². The molecule has 174 valence electrons. The Morgan fingerprint density at radius 1 is 1.16 bits per heavy atom. The van der Waals surface area contributed by atoms with E-state index in [9.17, 15) is 9.50 Å². The predicted octanol–water partition coefficient (Wildman–Crippen LogP) is 3.54. The molecule has 2 fully saturated rings. The van der Waals surface area contributed by atoms with Gasteiger partial charge >= 0.3 is 6.01 Å². The third kappa shape index (κ3) is 4.26. The van der Waals surface area contributed by atoms with Crippen LogP contribution in [0.15, 0.2) is 24.4 Å². The van der Waals surface area contributed by atoms with E-state index in [1.165, 1.54) is 13.2 Å². The van der Waals surface area contributed by atoms with Gasteiger partial charge in [-0.1, -0.05) is 12.5 Å². The molecule has 1 saturated heterocycles. The first-order chi connectivity index (χ1) is 15.5. The molecule has 0 amide bonds. The van der Waals surface area contributed by atoms with Crippen molar-refractivity contribution in [2.45, 2.75) is 45.3 Å². The maximum atomic E-state index is 14.5. The molecule has 1 N–H and O–H groups in total. The highest BCUT2D eigenvalue weighted by Gasteiger charge is 2.53. The van der Waals surface area contributed by atoms with Crippen LogP contribution in [0.4, 0.5) is 4.39 Å². The van der Waals surface area contributed by atoms with Gasteiger partial charge in [0.05, 0.1) is 25.9 Å². The number of likely N-dealkylation sites (tertiary alicyclic amines) is 1. The number of ether oxygens (including phenoxy) is 3. The smallest absolute Gasteiger partial charge is 0.319 e.